The second kappa shape index (κ2) is 6.76. The minimum Gasteiger partial charge on any atom is -0.490 e. The van der Waals surface area contributed by atoms with Crippen LogP contribution >= 0.6 is 0 Å². The van der Waals surface area contributed by atoms with Crippen molar-refractivity contribution in [1.82, 2.24) is 0 Å². The van der Waals surface area contributed by atoms with Gasteiger partial charge in [0.05, 0.1) is 6.10 Å². The SMILES string of the molecule is CCCOCCC(N)c1cccc(OC2CC2)c1. The molecule has 18 heavy (non-hydrogen) atoms. The first-order valence-corrected chi connectivity index (χ1v) is 6.89. The fourth-order valence-corrected chi connectivity index (χ4v) is 1.82. The Kier molecular flexibility index (Phi) is 5.02. The lowest BCUT2D eigenvalue weighted by molar-refractivity contribution is 0.128. The molecular weight excluding hydrogens is 226 g/mol. The van der Waals surface area contributed by atoms with Crippen molar-refractivity contribution in [2.45, 2.75) is 44.8 Å². The molecule has 0 radical (unpaired) electrons. The highest BCUT2D eigenvalue weighted by Gasteiger charge is 2.23. The maximum Gasteiger partial charge on any atom is 0.120 e. The molecule has 1 fully saturated rings. The number of benzene rings is 1. The van der Waals surface area contributed by atoms with Crippen molar-refractivity contribution in [2.24, 2.45) is 5.73 Å². The molecule has 3 heteroatoms. The fourth-order valence-electron chi connectivity index (χ4n) is 1.82. The first kappa shape index (κ1) is 13.4. The zero-order valence-electron chi connectivity index (χ0n) is 11.1. The number of rotatable bonds is 8. The van der Waals surface area contributed by atoms with Crippen molar-refractivity contribution >= 4 is 0 Å². The standard InChI is InChI=1S/C15H23NO2/c1-2-9-17-10-8-15(16)12-4-3-5-14(11-12)18-13-6-7-13/h3-5,11,13,15H,2,6-10,16H2,1H3. The first-order valence-electron chi connectivity index (χ1n) is 6.89. The van der Waals surface area contributed by atoms with Crippen LogP contribution in [0.15, 0.2) is 24.3 Å². The second-order valence-corrected chi connectivity index (χ2v) is 4.90. The molecular formula is C15H23NO2. The van der Waals surface area contributed by atoms with Crippen LogP contribution in [0.2, 0.25) is 0 Å². The maximum absolute atomic E-state index is 6.16. The highest BCUT2D eigenvalue weighted by atomic mass is 16.5. The van der Waals surface area contributed by atoms with Crippen LogP contribution in [0.5, 0.6) is 5.75 Å². The van der Waals surface area contributed by atoms with E-state index in [2.05, 4.69) is 19.1 Å². The molecule has 1 aliphatic rings. The predicted molar refractivity (Wildman–Crippen MR) is 72.7 cm³/mol. The van der Waals surface area contributed by atoms with Crippen LogP contribution in [0.1, 0.15) is 44.2 Å². The monoisotopic (exact) mass is 249 g/mol. The molecule has 1 aromatic rings. The Hall–Kier alpha value is -1.06. The van der Waals surface area contributed by atoms with Gasteiger partial charge in [0.1, 0.15) is 5.75 Å². The van der Waals surface area contributed by atoms with Crippen LogP contribution in [-0.4, -0.2) is 19.3 Å². The lowest BCUT2D eigenvalue weighted by atomic mass is 10.1. The Labute approximate surface area is 109 Å². The Balaban J connectivity index is 1.82. The molecule has 0 saturated heterocycles. The van der Waals surface area contributed by atoms with Crippen molar-refractivity contribution in [2.75, 3.05) is 13.2 Å². The van der Waals surface area contributed by atoms with E-state index in [9.17, 15) is 0 Å². The van der Waals surface area contributed by atoms with Crippen LogP contribution in [-0.2, 0) is 4.74 Å². The van der Waals surface area contributed by atoms with E-state index < -0.39 is 0 Å². The summed E-state index contributed by atoms with van der Waals surface area (Å²) in [5, 5.41) is 0. The highest BCUT2D eigenvalue weighted by molar-refractivity contribution is 5.30. The van der Waals surface area contributed by atoms with Gasteiger partial charge >= 0.3 is 0 Å². The number of ether oxygens (including phenoxy) is 2. The summed E-state index contributed by atoms with van der Waals surface area (Å²) >= 11 is 0. The van der Waals surface area contributed by atoms with Gasteiger partial charge in [0.15, 0.2) is 0 Å². The summed E-state index contributed by atoms with van der Waals surface area (Å²) in [7, 11) is 0. The van der Waals surface area contributed by atoms with E-state index in [4.69, 9.17) is 15.2 Å². The minimum absolute atomic E-state index is 0.0320. The van der Waals surface area contributed by atoms with E-state index in [0.717, 1.165) is 37.4 Å². The molecule has 2 N–H and O–H groups in total. The Morgan fingerprint density at radius 1 is 1.33 bits per heavy atom. The smallest absolute Gasteiger partial charge is 0.120 e. The third-order valence-electron chi connectivity index (χ3n) is 3.04. The molecule has 1 aliphatic carbocycles. The van der Waals surface area contributed by atoms with Gasteiger partial charge in [0.2, 0.25) is 0 Å². The molecule has 0 amide bonds. The van der Waals surface area contributed by atoms with Crippen LogP contribution in [0.4, 0.5) is 0 Å². The molecule has 0 heterocycles. The molecule has 0 bridgehead atoms. The van der Waals surface area contributed by atoms with Gasteiger partial charge in [-0.05, 0) is 43.4 Å². The van der Waals surface area contributed by atoms with Crippen molar-refractivity contribution in [3.8, 4) is 5.75 Å². The number of hydrogen-bond acceptors (Lipinski definition) is 3. The number of hydrogen-bond donors (Lipinski definition) is 1. The van der Waals surface area contributed by atoms with Crippen LogP contribution in [0.3, 0.4) is 0 Å². The van der Waals surface area contributed by atoms with E-state index in [-0.39, 0.29) is 6.04 Å². The highest BCUT2D eigenvalue weighted by Crippen LogP contribution is 2.28. The summed E-state index contributed by atoms with van der Waals surface area (Å²) in [5.74, 6) is 0.944. The summed E-state index contributed by atoms with van der Waals surface area (Å²) in [6, 6.07) is 8.17. The topological polar surface area (TPSA) is 44.5 Å². The average Bonchev–Trinajstić information content (AvgIpc) is 3.19. The zero-order chi connectivity index (χ0) is 12.8. The van der Waals surface area contributed by atoms with Crippen LogP contribution in [0, 0.1) is 0 Å². The third-order valence-corrected chi connectivity index (χ3v) is 3.04. The minimum atomic E-state index is 0.0320. The Morgan fingerprint density at radius 2 is 2.17 bits per heavy atom. The molecule has 100 valence electrons. The average molecular weight is 249 g/mol. The number of nitrogens with two attached hydrogens (primary N) is 1. The van der Waals surface area contributed by atoms with E-state index in [1.807, 2.05) is 12.1 Å². The van der Waals surface area contributed by atoms with Gasteiger partial charge in [0.25, 0.3) is 0 Å². The summed E-state index contributed by atoms with van der Waals surface area (Å²) in [6.07, 6.45) is 4.71. The first-order chi connectivity index (χ1) is 8.79. The van der Waals surface area contributed by atoms with E-state index in [0.29, 0.717) is 6.10 Å². The molecule has 3 nitrogen and oxygen atoms in total. The molecule has 1 unspecified atom stereocenters. The summed E-state index contributed by atoms with van der Waals surface area (Å²) in [5.41, 5.74) is 7.29. The molecule has 2 rings (SSSR count). The van der Waals surface area contributed by atoms with Crippen molar-refractivity contribution in [1.29, 1.82) is 0 Å². The van der Waals surface area contributed by atoms with Gasteiger partial charge in [-0.25, -0.2) is 0 Å². The third kappa shape index (κ3) is 4.31. The van der Waals surface area contributed by atoms with Crippen molar-refractivity contribution in [3.05, 3.63) is 29.8 Å². The normalized spacial score (nSPS) is 16.6. The van der Waals surface area contributed by atoms with Crippen molar-refractivity contribution < 1.29 is 9.47 Å². The quantitative estimate of drug-likeness (QED) is 0.720. The molecule has 0 aliphatic heterocycles. The predicted octanol–water partition coefficient (Wildman–Crippen LogP) is 3.04. The van der Waals surface area contributed by atoms with E-state index in [1.54, 1.807) is 0 Å². The molecule has 0 aromatic heterocycles. The zero-order valence-corrected chi connectivity index (χ0v) is 11.1. The molecule has 1 aromatic carbocycles. The fraction of sp³-hybridized carbons (Fsp3) is 0.600. The van der Waals surface area contributed by atoms with Crippen LogP contribution in [0.25, 0.3) is 0 Å². The second-order valence-electron chi connectivity index (χ2n) is 4.90. The molecule has 1 saturated carbocycles. The summed E-state index contributed by atoms with van der Waals surface area (Å²) in [4.78, 5) is 0. The van der Waals surface area contributed by atoms with Gasteiger partial charge in [-0.1, -0.05) is 19.1 Å². The van der Waals surface area contributed by atoms with Gasteiger partial charge < -0.3 is 15.2 Å². The maximum atomic E-state index is 6.16. The lowest BCUT2D eigenvalue weighted by Crippen LogP contribution is -2.13. The van der Waals surface area contributed by atoms with Crippen molar-refractivity contribution in [3.63, 3.8) is 0 Å². The Morgan fingerprint density at radius 3 is 2.89 bits per heavy atom. The largest absolute Gasteiger partial charge is 0.490 e. The van der Waals surface area contributed by atoms with E-state index >= 15 is 0 Å². The van der Waals surface area contributed by atoms with Gasteiger partial charge in [0, 0.05) is 19.3 Å². The van der Waals surface area contributed by atoms with E-state index in [1.165, 1.54) is 12.8 Å². The lowest BCUT2D eigenvalue weighted by Gasteiger charge is -2.13. The van der Waals surface area contributed by atoms with Gasteiger partial charge in [-0.3, -0.25) is 0 Å². The summed E-state index contributed by atoms with van der Waals surface area (Å²) < 4.78 is 11.2. The molecule has 0 spiro atoms. The van der Waals surface area contributed by atoms with Gasteiger partial charge in [-0.2, -0.15) is 0 Å². The van der Waals surface area contributed by atoms with Crippen LogP contribution < -0.4 is 10.5 Å². The molecule has 1 atom stereocenters. The van der Waals surface area contributed by atoms with Gasteiger partial charge in [-0.15, -0.1) is 0 Å². The Bertz CT molecular complexity index is 363. The summed E-state index contributed by atoms with van der Waals surface area (Å²) in [6.45, 7) is 3.65.